The molecular formula is C17H15NO2S. The highest BCUT2D eigenvalue weighted by atomic mass is 32.2. The van der Waals surface area contributed by atoms with E-state index in [-0.39, 0.29) is 5.63 Å². The SMILES string of the molecule is O=c1cc(N2CCSCC2)c2cc3ccccc3cc2o1. The normalized spacial score (nSPS) is 15.7. The fourth-order valence-corrected chi connectivity index (χ4v) is 3.80. The molecule has 0 amide bonds. The van der Waals surface area contributed by atoms with E-state index in [1.54, 1.807) is 6.07 Å². The highest BCUT2D eigenvalue weighted by Crippen LogP contribution is 2.30. The van der Waals surface area contributed by atoms with Crippen LogP contribution in [0, 0.1) is 0 Å². The number of hydrogen-bond acceptors (Lipinski definition) is 4. The van der Waals surface area contributed by atoms with E-state index in [9.17, 15) is 4.79 Å². The predicted octanol–water partition coefficient (Wildman–Crippen LogP) is 3.50. The number of thioether (sulfide) groups is 1. The molecule has 0 spiro atoms. The van der Waals surface area contributed by atoms with Gasteiger partial charge in [0.05, 0.1) is 5.69 Å². The van der Waals surface area contributed by atoms with Crippen molar-refractivity contribution in [2.24, 2.45) is 0 Å². The van der Waals surface area contributed by atoms with Crippen molar-refractivity contribution in [2.45, 2.75) is 0 Å². The van der Waals surface area contributed by atoms with Crippen molar-refractivity contribution in [3.8, 4) is 0 Å². The summed E-state index contributed by atoms with van der Waals surface area (Å²) >= 11 is 1.96. The molecule has 4 rings (SSSR count). The van der Waals surface area contributed by atoms with Crippen LogP contribution in [0.3, 0.4) is 0 Å². The lowest BCUT2D eigenvalue weighted by Crippen LogP contribution is -2.33. The maximum Gasteiger partial charge on any atom is 0.338 e. The Bertz CT molecular complexity index is 865. The van der Waals surface area contributed by atoms with Gasteiger partial charge in [-0.3, -0.25) is 0 Å². The summed E-state index contributed by atoms with van der Waals surface area (Å²) in [5, 5.41) is 3.30. The van der Waals surface area contributed by atoms with Gasteiger partial charge in [-0.15, -0.1) is 0 Å². The van der Waals surface area contributed by atoms with Crippen molar-refractivity contribution in [3.05, 3.63) is 52.9 Å². The van der Waals surface area contributed by atoms with Crippen LogP contribution in [0.5, 0.6) is 0 Å². The van der Waals surface area contributed by atoms with Gasteiger partial charge in [-0.1, -0.05) is 24.3 Å². The smallest absolute Gasteiger partial charge is 0.338 e. The van der Waals surface area contributed by atoms with Crippen LogP contribution in [0.1, 0.15) is 0 Å². The third-order valence-corrected chi connectivity index (χ3v) is 4.88. The standard InChI is InChI=1S/C17H15NO2S/c19-17-11-15(18-5-7-21-8-6-18)14-9-12-3-1-2-4-13(12)10-16(14)20-17/h1-4,9-11H,5-8H2. The number of rotatable bonds is 1. The van der Waals surface area contributed by atoms with Gasteiger partial charge in [0, 0.05) is 36.0 Å². The molecule has 1 fully saturated rings. The molecule has 1 saturated heterocycles. The molecule has 2 aromatic carbocycles. The quantitative estimate of drug-likeness (QED) is 0.508. The minimum Gasteiger partial charge on any atom is -0.423 e. The second-order valence-corrected chi connectivity index (χ2v) is 6.47. The van der Waals surface area contributed by atoms with E-state index in [1.165, 1.54) is 5.39 Å². The van der Waals surface area contributed by atoms with Crippen molar-refractivity contribution in [1.82, 2.24) is 0 Å². The largest absolute Gasteiger partial charge is 0.423 e. The number of anilines is 1. The molecule has 0 atom stereocenters. The Labute approximate surface area is 126 Å². The van der Waals surface area contributed by atoms with E-state index in [0.717, 1.165) is 41.1 Å². The summed E-state index contributed by atoms with van der Waals surface area (Å²) in [6.07, 6.45) is 0. The first-order chi connectivity index (χ1) is 10.3. The Balaban J connectivity index is 1.99. The fourth-order valence-electron chi connectivity index (χ4n) is 2.90. The molecule has 106 valence electrons. The van der Waals surface area contributed by atoms with Crippen molar-refractivity contribution in [1.29, 1.82) is 0 Å². The second-order valence-electron chi connectivity index (χ2n) is 5.25. The summed E-state index contributed by atoms with van der Waals surface area (Å²) in [6, 6.07) is 13.9. The maximum absolute atomic E-state index is 11.9. The zero-order valence-corrected chi connectivity index (χ0v) is 12.4. The lowest BCUT2D eigenvalue weighted by Gasteiger charge is -2.29. The van der Waals surface area contributed by atoms with Gasteiger partial charge in [-0.05, 0) is 22.9 Å². The Kier molecular flexibility index (Phi) is 3.11. The average molecular weight is 297 g/mol. The van der Waals surface area contributed by atoms with E-state index in [2.05, 4.69) is 17.0 Å². The molecule has 0 unspecified atom stereocenters. The van der Waals surface area contributed by atoms with Crippen LogP contribution >= 0.6 is 11.8 Å². The van der Waals surface area contributed by atoms with Gasteiger partial charge in [0.25, 0.3) is 0 Å². The molecule has 1 aromatic heterocycles. The molecule has 0 bridgehead atoms. The van der Waals surface area contributed by atoms with Gasteiger partial charge in [-0.2, -0.15) is 11.8 Å². The Morgan fingerprint density at radius 1 is 1.00 bits per heavy atom. The highest BCUT2D eigenvalue weighted by Gasteiger charge is 2.16. The number of hydrogen-bond donors (Lipinski definition) is 0. The Morgan fingerprint density at radius 2 is 1.71 bits per heavy atom. The predicted molar refractivity (Wildman–Crippen MR) is 89.5 cm³/mol. The fraction of sp³-hybridized carbons (Fsp3) is 0.235. The minimum atomic E-state index is -0.272. The molecule has 1 aliphatic heterocycles. The average Bonchev–Trinajstić information content (AvgIpc) is 2.53. The van der Waals surface area contributed by atoms with E-state index in [4.69, 9.17) is 4.42 Å². The van der Waals surface area contributed by atoms with Gasteiger partial charge >= 0.3 is 5.63 Å². The maximum atomic E-state index is 11.9. The topological polar surface area (TPSA) is 33.5 Å². The highest BCUT2D eigenvalue weighted by molar-refractivity contribution is 7.99. The molecule has 4 heteroatoms. The number of nitrogens with zero attached hydrogens (tertiary/aromatic N) is 1. The molecule has 2 heterocycles. The molecule has 0 aliphatic carbocycles. The van der Waals surface area contributed by atoms with Gasteiger partial charge < -0.3 is 9.32 Å². The van der Waals surface area contributed by atoms with Crippen molar-refractivity contribution < 1.29 is 4.42 Å². The van der Waals surface area contributed by atoms with Crippen LogP contribution in [0.25, 0.3) is 21.7 Å². The second kappa shape index (κ2) is 5.11. The van der Waals surface area contributed by atoms with Crippen molar-refractivity contribution in [3.63, 3.8) is 0 Å². The number of benzene rings is 2. The zero-order valence-electron chi connectivity index (χ0n) is 11.5. The first kappa shape index (κ1) is 12.8. The van der Waals surface area contributed by atoms with Gasteiger partial charge in [0.2, 0.25) is 0 Å². The van der Waals surface area contributed by atoms with E-state index in [1.807, 2.05) is 36.0 Å². The summed E-state index contributed by atoms with van der Waals surface area (Å²) in [4.78, 5) is 14.2. The monoisotopic (exact) mass is 297 g/mol. The van der Waals surface area contributed by atoms with E-state index in [0.29, 0.717) is 5.58 Å². The van der Waals surface area contributed by atoms with E-state index >= 15 is 0 Å². The van der Waals surface area contributed by atoms with Crippen LogP contribution in [0.2, 0.25) is 0 Å². The first-order valence-electron chi connectivity index (χ1n) is 7.11. The summed E-state index contributed by atoms with van der Waals surface area (Å²) in [5.41, 5.74) is 1.41. The van der Waals surface area contributed by atoms with Gasteiger partial charge in [-0.25, -0.2) is 4.79 Å². The van der Waals surface area contributed by atoms with Crippen LogP contribution < -0.4 is 10.5 Å². The van der Waals surface area contributed by atoms with Crippen LogP contribution in [-0.4, -0.2) is 24.6 Å². The van der Waals surface area contributed by atoms with Crippen LogP contribution in [-0.2, 0) is 0 Å². The lowest BCUT2D eigenvalue weighted by molar-refractivity contribution is 0.561. The Hall–Kier alpha value is -1.94. The number of fused-ring (bicyclic) bond motifs is 2. The summed E-state index contributed by atoms with van der Waals surface area (Å²) in [6.45, 7) is 1.96. The van der Waals surface area contributed by atoms with Gasteiger partial charge in [0.15, 0.2) is 0 Å². The molecule has 0 N–H and O–H groups in total. The third kappa shape index (κ3) is 2.29. The van der Waals surface area contributed by atoms with Crippen molar-refractivity contribution in [2.75, 3.05) is 29.5 Å². The molecule has 1 aliphatic rings. The molecule has 0 saturated carbocycles. The first-order valence-corrected chi connectivity index (χ1v) is 8.26. The van der Waals surface area contributed by atoms with Crippen LogP contribution in [0.15, 0.2) is 51.7 Å². The minimum absolute atomic E-state index is 0.272. The van der Waals surface area contributed by atoms with Crippen LogP contribution in [0.4, 0.5) is 5.69 Å². The third-order valence-electron chi connectivity index (χ3n) is 3.94. The zero-order chi connectivity index (χ0) is 14.2. The van der Waals surface area contributed by atoms with Crippen molar-refractivity contribution >= 4 is 39.2 Å². The summed E-state index contributed by atoms with van der Waals surface area (Å²) in [7, 11) is 0. The molecule has 21 heavy (non-hydrogen) atoms. The molecule has 3 nitrogen and oxygen atoms in total. The lowest BCUT2D eigenvalue weighted by atomic mass is 10.1. The summed E-state index contributed by atoms with van der Waals surface area (Å²) < 4.78 is 5.41. The van der Waals surface area contributed by atoms with E-state index < -0.39 is 0 Å². The molecule has 3 aromatic rings. The Morgan fingerprint density at radius 3 is 2.48 bits per heavy atom. The van der Waals surface area contributed by atoms with Gasteiger partial charge in [0.1, 0.15) is 5.58 Å². The summed E-state index contributed by atoms with van der Waals surface area (Å²) in [5.74, 6) is 2.21. The molecule has 0 radical (unpaired) electrons. The molecular weight excluding hydrogens is 282 g/mol.